The number of unbranched alkanes of at least 4 members (excludes halogenated alkanes) is 1. The standard InChI is InChI=1S/C21H24N2O4.C7H8O3S/c22-12-6-5-11-19(20(24)25)23-21(26)27-13-18-16-9-3-1-7-14(16)15-8-2-4-10-17(15)18;1-6-2-4-7(5-3-6)11(8,9)10/h1-4,7-10,18-19H,5-6,11-13,22H2,(H,23,26)(H,24,25);2-5H,1H3,(H,8,9,10)/t19-;/m0./s1. The van der Waals surface area contributed by atoms with Crippen LogP contribution in [0.5, 0.6) is 0 Å². The van der Waals surface area contributed by atoms with E-state index < -0.39 is 28.2 Å². The number of benzene rings is 3. The molecule has 1 atom stereocenters. The van der Waals surface area contributed by atoms with Crippen LogP contribution in [0.15, 0.2) is 77.7 Å². The number of amides is 1. The topological polar surface area (TPSA) is 156 Å². The maximum atomic E-state index is 12.1. The minimum Gasteiger partial charge on any atom is -0.480 e. The molecule has 0 aromatic heterocycles. The van der Waals surface area contributed by atoms with Crippen LogP contribution in [0.2, 0.25) is 0 Å². The Kier molecular flexibility index (Phi) is 10.0. The molecule has 3 aromatic rings. The molecule has 0 spiro atoms. The number of nitrogens with two attached hydrogens (primary N) is 1. The van der Waals surface area contributed by atoms with E-state index in [1.54, 1.807) is 12.1 Å². The van der Waals surface area contributed by atoms with Gasteiger partial charge >= 0.3 is 12.1 Å². The number of carbonyl (C=O) groups excluding carboxylic acids is 1. The van der Waals surface area contributed by atoms with E-state index in [4.69, 9.17) is 15.0 Å². The molecule has 10 heteroatoms. The first-order valence-corrected chi connectivity index (χ1v) is 13.6. The minimum atomic E-state index is -4.02. The van der Waals surface area contributed by atoms with Gasteiger partial charge in [-0.15, -0.1) is 0 Å². The van der Waals surface area contributed by atoms with E-state index in [-0.39, 0.29) is 17.4 Å². The highest BCUT2D eigenvalue weighted by molar-refractivity contribution is 7.85. The van der Waals surface area contributed by atoms with Crippen molar-refractivity contribution in [2.24, 2.45) is 5.73 Å². The van der Waals surface area contributed by atoms with Crippen molar-refractivity contribution in [3.05, 3.63) is 89.5 Å². The average molecular weight is 541 g/mol. The van der Waals surface area contributed by atoms with Crippen LogP contribution in [0.1, 0.15) is 41.9 Å². The van der Waals surface area contributed by atoms with E-state index >= 15 is 0 Å². The van der Waals surface area contributed by atoms with Crippen LogP contribution in [0.3, 0.4) is 0 Å². The number of carboxylic acid groups (broad SMARTS) is 1. The van der Waals surface area contributed by atoms with Crippen molar-refractivity contribution in [1.29, 1.82) is 0 Å². The largest absolute Gasteiger partial charge is 0.480 e. The third-order valence-corrected chi connectivity index (χ3v) is 7.07. The van der Waals surface area contributed by atoms with Crippen LogP contribution in [-0.4, -0.2) is 49.3 Å². The van der Waals surface area contributed by atoms with Crippen molar-refractivity contribution in [2.75, 3.05) is 13.2 Å². The molecule has 0 saturated heterocycles. The summed E-state index contributed by atoms with van der Waals surface area (Å²) >= 11 is 0. The molecule has 3 aromatic carbocycles. The molecule has 1 aliphatic carbocycles. The van der Waals surface area contributed by atoms with Crippen molar-refractivity contribution in [2.45, 2.75) is 43.0 Å². The molecule has 38 heavy (non-hydrogen) atoms. The number of carbonyl (C=O) groups is 2. The monoisotopic (exact) mass is 540 g/mol. The summed E-state index contributed by atoms with van der Waals surface area (Å²) in [6, 6.07) is 21.1. The summed E-state index contributed by atoms with van der Waals surface area (Å²) in [7, 11) is -4.02. The zero-order chi connectivity index (χ0) is 27.7. The van der Waals surface area contributed by atoms with Crippen LogP contribution < -0.4 is 11.1 Å². The highest BCUT2D eigenvalue weighted by Gasteiger charge is 2.29. The zero-order valence-electron chi connectivity index (χ0n) is 21.0. The molecule has 0 heterocycles. The fourth-order valence-electron chi connectivity index (χ4n) is 4.24. The lowest BCUT2D eigenvalue weighted by Crippen LogP contribution is -2.41. The fraction of sp³-hybridized carbons (Fsp3) is 0.286. The number of ether oxygens (including phenoxy) is 1. The number of fused-ring (bicyclic) bond motifs is 3. The predicted octanol–water partition coefficient (Wildman–Crippen LogP) is 4.35. The van der Waals surface area contributed by atoms with Crippen LogP contribution in [0.25, 0.3) is 11.1 Å². The smallest absolute Gasteiger partial charge is 0.407 e. The second-order valence-electron chi connectivity index (χ2n) is 8.93. The average Bonchev–Trinajstić information content (AvgIpc) is 3.21. The minimum absolute atomic E-state index is 0.0522. The third-order valence-electron chi connectivity index (χ3n) is 6.20. The summed E-state index contributed by atoms with van der Waals surface area (Å²) < 4.78 is 34.9. The molecule has 1 amide bonds. The second kappa shape index (κ2) is 13.2. The lowest BCUT2D eigenvalue weighted by Gasteiger charge is -2.17. The predicted molar refractivity (Wildman–Crippen MR) is 144 cm³/mol. The van der Waals surface area contributed by atoms with Crippen molar-refractivity contribution in [3.63, 3.8) is 0 Å². The molecule has 5 N–H and O–H groups in total. The number of carboxylic acids is 1. The Morgan fingerprint density at radius 1 is 0.947 bits per heavy atom. The van der Waals surface area contributed by atoms with Gasteiger partial charge in [0.1, 0.15) is 12.6 Å². The van der Waals surface area contributed by atoms with Gasteiger partial charge in [-0.2, -0.15) is 8.42 Å². The zero-order valence-corrected chi connectivity index (χ0v) is 21.9. The van der Waals surface area contributed by atoms with E-state index in [1.165, 1.54) is 12.1 Å². The Bertz CT molecular complexity index is 1310. The first-order valence-electron chi connectivity index (χ1n) is 12.2. The van der Waals surface area contributed by atoms with Gasteiger partial charge in [-0.1, -0.05) is 66.2 Å². The summed E-state index contributed by atoms with van der Waals surface area (Å²) in [5.41, 5.74) is 10.9. The molecule has 9 nitrogen and oxygen atoms in total. The molecule has 4 rings (SSSR count). The Morgan fingerprint density at radius 3 is 2.00 bits per heavy atom. The van der Waals surface area contributed by atoms with Crippen LogP contribution in [0, 0.1) is 6.92 Å². The molecule has 202 valence electrons. The van der Waals surface area contributed by atoms with Crippen LogP contribution >= 0.6 is 0 Å². The molecular weight excluding hydrogens is 508 g/mol. The molecule has 0 unspecified atom stereocenters. The Balaban J connectivity index is 0.000000304. The number of hydrogen-bond donors (Lipinski definition) is 4. The van der Waals surface area contributed by atoms with Gasteiger partial charge in [-0.3, -0.25) is 4.55 Å². The van der Waals surface area contributed by atoms with E-state index in [0.717, 1.165) is 34.2 Å². The summed E-state index contributed by atoms with van der Waals surface area (Å²) in [6.45, 7) is 2.50. The van der Waals surface area contributed by atoms with Gasteiger partial charge in [0.25, 0.3) is 10.1 Å². The number of alkyl carbamates (subject to hydrolysis) is 1. The maximum Gasteiger partial charge on any atom is 0.407 e. The number of nitrogens with one attached hydrogen (secondary N) is 1. The maximum absolute atomic E-state index is 12.1. The second-order valence-corrected chi connectivity index (χ2v) is 10.4. The Labute approximate surface area is 222 Å². The number of aliphatic carboxylic acids is 1. The first-order chi connectivity index (χ1) is 18.1. The van der Waals surface area contributed by atoms with Gasteiger partial charge in [0.15, 0.2) is 0 Å². The summed E-state index contributed by atoms with van der Waals surface area (Å²) in [4.78, 5) is 23.4. The number of hydrogen-bond acceptors (Lipinski definition) is 6. The molecule has 0 saturated carbocycles. The van der Waals surface area contributed by atoms with Gasteiger partial charge in [0.2, 0.25) is 0 Å². The number of rotatable bonds is 9. The molecule has 0 fully saturated rings. The highest BCUT2D eigenvalue weighted by atomic mass is 32.2. The van der Waals surface area contributed by atoms with Gasteiger partial charge in [0, 0.05) is 5.92 Å². The van der Waals surface area contributed by atoms with Gasteiger partial charge in [-0.25, -0.2) is 9.59 Å². The molecule has 0 radical (unpaired) electrons. The Hall–Kier alpha value is -3.73. The fourth-order valence-corrected chi connectivity index (χ4v) is 4.72. The molecule has 0 aliphatic heterocycles. The van der Waals surface area contributed by atoms with E-state index in [9.17, 15) is 23.1 Å². The van der Waals surface area contributed by atoms with Crippen LogP contribution in [0.4, 0.5) is 4.79 Å². The van der Waals surface area contributed by atoms with Crippen molar-refractivity contribution in [1.82, 2.24) is 5.32 Å². The van der Waals surface area contributed by atoms with Crippen molar-refractivity contribution in [3.8, 4) is 11.1 Å². The molecule has 0 bridgehead atoms. The lowest BCUT2D eigenvalue weighted by molar-refractivity contribution is -0.139. The lowest BCUT2D eigenvalue weighted by atomic mass is 9.98. The first kappa shape index (κ1) is 28.8. The van der Waals surface area contributed by atoms with E-state index in [1.807, 2.05) is 43.3 Å². The normalized spacial score (nSPS) is 12.9. The van der Waals surface area contributed by atoms with E-state index in [2.05, 4.69) is 17.4 Å². The Morgan fingerprint density at radius 2 is 1.50 bits per heavy atom. The van der Waals surface area contributed by atoms with Crippen molar-refractivity contribution >= 4 is 22.2 Å². The quantitative estimate of drug-likeness (QED) is 0.231. The number of aryl methyl sites for hydroxylation is 1. The molecule has 1 aliphatic rings. The van der Waals surface area contributed by atoms with Gasteiger partial charge in [-0.05, 0) is 67.1 Å². The van der Waals surface area contributed by atoms with Crippen molar-refractivity contribution < 1.29 is 32.4 Å². The SMILES string of the molecule is Cc1ccc(S(=O)(=O)O)cc1.NCCCC[C@H](NC(=O)OCC1c2ccccc2-c2ccccc21)C(=O)O. The summed E-state index contributed by atoms with van der Waals surface area (Å²) in [5, 5.41) is 11.7. The van der Waals surface area contributed by atoms with E-state index in [0.29, 0.717) is 19.4 Å². The van der Waals surface area contributed by atoms with Crippen LogP contribution in [-0.2, 0) is 19.6 Å². The highest BCUT2D eigenvalue weighted by Crippen LogP contribution is 2.44. The third kappa shape index (κ3) is 7.64. The van der Waals surface area contributed by atoms with Gasteiger partial charge < -0.3 is 20.9 Å². The summed E-state index contributed by atoms with van der Waals surface area (Å²) in [5.74, 6) is -1.12. The summed E-state index contributed by atoms with van der Waals surface area (Å²) in [6.07, 6.45) is 0.973. The van der Waals surface area contributed by atoms with Gasteiger partial charge in [0.05, 0.1) is 4.90 Å². The molecular formula is C28H32N2O7S.